The highest BCUT2D eigenvalue weighted by Gasteiger charge is 2.28. The van der Waals surface area contributed by atoms with Gasteiger partial charge in [0.15, 0.2) is 5.65 Å². The van der Waals surface area contributed by atoms with Gasteiger partial charge >= 0.3 is 0 Å². The van der Waals surface area contributed by atoms with Crippen LogP contribution >= 0.6 is 0 Å². The van der Waals surface area contributed by atoms with Gasteiger partial charge in [-0.15, -0.1) is 0 Å². The van der Waals surface area contributed by atoms with Gasteiger partial charge in [0.25, 0.3) is 5.91 Å². The van der Waals surface area contributed by atoms with Crippen LogP contribution in [0.1, 0.15) is 75.1 Å². The molecular formula is C26H38N6O3. The molecule has 3 aliphatic rings. The van der Waals surface area contributed by atoms with Crippen LogP contribution in [-0.4, -0.2) is 69.9 Å². The van der Waals surface area contributed by atoms with E-state index in [9.17, 15) is 9.59 Å². The van der Waals surface area contributed by atoms with Crippen molar-refractivity contribution in [2.24, 2.45) is 5.92 Å². The van der Waals surface area contributed by atoms with E-state index in [2.05, 4.69) is 20.7 Å². The number of piperidine rings is 1. The number of anilines is 1. The molecule has 2 amide bonds. The van der Waals surface area contributed by atoms with Crippen molar-refractivity contribution in [2.45, 2.75) is 83.3 Å². The minimum Gasteiger partial charge on any atom is -0.381 e. The van der Waals surface area contributed by atoms with Gasteiger partial charge < -0.3 is 20.3 Å². The van der Waals surface area contributed by atoms with Crippen LogP contribution in [0.25, 0.3) is 11.0 Å². The van der Waals surface area contributed by atoms with Gasteiger partial charge in [0.05, 0.1) is 22.8 Å². The molecule has 2 aromatic heterocycles. The van der Waals surface area contributed by atoms with Crippen molar-refractivity contribution < 1.29 is 14.3 Å². The zero-order chi connectivity index (χ0) is 24.2. The maximum Gasteiger partial charge on any atom is 0.255 e. The molecule has 1 aliphatic carbocycles. The third-order valence-corrected chi connectivity index (χ3v) is 7.90. The molecule has 0 aromatic carbocycles. The summed E-state index contributed by atoms with van der Waals surface area (Å²) >= 11 is 0. The minimum atomic E-state index is -0.117. The molecule has 4 heterocycles. The molecular weight excluding hydrogens is 444 g/mol. The number of hydrogen-bond donors (Lipinski definition) is 2. The number of aromatic nitrogens is 3. The zero-order valence-corrected chi connectivity index (χ0v) is 20.8. The van der Waals surface area contributed by atoms with Gasteiger partial charge in [0, 0.05) is 57.5 Å². The lowest BCUT2D eigenvalue weighted by Gasteiger charge is -2.33. The molecule has 0 unspecified atom stereocenters. The van der Waals surface area contributed by atoms with E-state index in [0.29, 0.717) is 31.0 Å². The molecule has 5 rings (SSSR count). The molecule has 2 saturated heterocycles. The molecule has 35 heavy (non-hydrogen) atoms. The summed E-state index contributed by atoms with van der Waals surface area (Å²) < 4.78 is 7.36. The summed E-state index contributed by atoms with van der Waals surface area (Å²) in [5.41, 5.74) is 2.15. The van der Waals surface area contributed by atoms with Crippen molar-refractivity contribution >= 4 is 28.5 Å². The number of ether oxygens (including phenoxy) is 1. The summed E-state index contributed by atoms with van der Waals surface area (Å²) in [5, 5.41) is 12.2. The fourth-order valence-corrected chi connectivity index (χ4v) is 5.76. The lowest BCUT2D eigenvalue weighted by molar-refractivity contribution is -0.133. The van der Waals surface area contributed by atoms with Gasteiger partial charge in [-0.05, 0) is 51.4 Å². The average Bonchev–Trinajstić information content (AvgIpc) is 3.55. The van der Waals surface area contributed by atoms with Gasteiger partial charge in [-0.1, -0.05) is 12.8 Å². The molecule has 2 aromatic rings. The number of aryl methyl sites for hydroxylation is 1. The molecule has 0 radical (unpaired) electrons. The summed E-state index contributed by atoms with van der Waals surface area (Å²) in [6, 6.07) is 0.308. The number of carbonyl (C=O) groups is 2. The number of carbonyl (C=O) groups excluding carboxylic acids is 2. The van der Waals surface area contributed by atoms with Crippen molar-refractivity contribution in [2.75, 3.05) is 31.6 Å². The third kappa shape index (κ3) is 5.44. The van der Waals surface area contributed by atoms with Gasteiger partial charge in [-0.2, -0.15) is 5.10 Å². The molecule has 0 spiro atoms. The molecule has 190 valence electrons. The van der Waals surface area contributed by atoms with E-state index in [1.54, 1.807) is 12.4 Å². The van der Waals surface area contributed by atoms with E-state index in [1.807, 2.05) is 16.5 Å². The average molecular weight is 483 g/mol. The number of likely N-dealkylation sites (tertiary alicyclic amines) is 1. The van der Waals surface area contributed by atoms with E-state index in [4.69, 9.17) is 4.74 Å². The fourth-order valence-electron chi connectivity index (χ4n) is 5.76. The number of nitrogens with one attached hydrogen (secondary N) is 2. The number of nitrogens with zero attached hydrogens (tertiary/aromatic N) is 4. The SMILES string of the molecule is CCn1ncc2c(NC3CCOCC3)c(C(=O)NC3CCN(C(=O)CC4CCCC4)CC3)cnc21. The summed E-state index contributed by atoms with van der Waals surface area (Å²) in [6.07, 6.45) is 12.5. The second kappa shape index (κ2) is 10.9. The number of rotatable bonds is 7. The lowest BCUT2D eigenvalue weighted by Crippen LogP contribution is -2.47. The minimum absolute atomic E-state index is 0.0584. The highest BCUT2D eigenvalue weighted by molar-refractivity contribution is 6.06. The molecule has 2 aliphatic heterocycles. The normalized spacial score (nSPS) is 20.4. The molecule has 9 nitrogen and oxygen atoms in total. The van der Waals surface area contributed by atoms with Gasteiger partial charge in [0.1, 0.15) is 0 Å². The Morgan fingerprint density at radius 1 is 1.03 bits per heavy atom. The first-order valence-corrected chi connectivity index (χ1v) is 13.4. The number of pyridine rings is 1. The molecule has 3 fully saturated rings. The van der Waals surface area contributed by atoms with Crippen LogP contribution in [0.2, 0.25) is 0 Å². The van der Waals surface area contributed by atoms with Gasteiger partial charge in [0.2, 0.25) is 5.91 Å². The van der Waals surface area contributed by atoms with Crippen LogP contribution in [0.5, 0.6) is 0 Å². The number of hydrogen-bond acceptors (Lipinski definition) is 6. The van der Waals surface area contributed by atoms with E-state index in [0.717, 1.165) is 62.2 Å². The Kier molecular flexibility index (Phi) is 7.51. The topological polar surface area (TPSA) is 101 Å². The first-order valence-electron chi connectivity index (χ1n) is 13.4. The number of amides is 2. The first kappa shape index (κ1) is 24.0. The van der Waals surface area contributed by atoms with Crippen molar-refractivity contribution in [1.29, 1.82) is 0 Å². The van der Waals surface area contributed by atoms with Crippen LogP contribution in [-0.2, 0) is 16.1 Å². The van der Waals surface area contributed by atoms with Crippen LogP contribution < -0.4 is 10.6 Å². The molecule has 0 bridgehead atoms. The summed E-state index contributed by atoms with van der Waals surface area (Å²) in [7, 11) is 0. The van der Waals surface area contributed by atoms with E-state index < -0.39 is 0 Å². The first-order chi connectivity index (χ1) is 17.1. The molecule has 9 heteroatoms. The zero-order valence-electron chi connectivity index (χ0n) is 20.8. The van der Waals surface area contributed by atoms with Crippen LogP contribution in [0.3, 0.4) is 0 Å². The Morgan fingerprint density at radius 2 is 1.77 bits per heavy atom. The third-order valence-electron chi connectivity index (χ3n) is 7.90. The van der Waals surface area contributed by atoms with E-state index in [-0.39, 0.29) is 23.9 Å². The monoisotopic (exact) mass is 482 g/mol. The predicted molar refractivity (Wildman–Crippen MR) is 134 cm³/mol. The quantitative estimate of drug-likeness (QED) is 0.628. The predicted octanol–water partition coefficient (Wildman–Crippen LogP) is 3.34. The Labute approximate surface area is 207 Å². The van der Waals surface area contributed by atoms with Crippen molar-refractivity contribution in [3.63, 3.8) is 0 Å². The highest BCUT2D eigenvalue weighted by atomic mass is 16.5. The smallest absolute Gasteiger partial charge is 0.255 e. The van der Waals surface area contributed by atoms with Gasteiger partial charge in [-0.3, -0.25) is 9.59 Å². The summed E-state index contributed by atoms with van der Waals surface area (Å²) in [4.78, 5) is 32.7. The Balaban J connectivity index is 1.25. The van der Waals surface area contributed by atoms with Crippen molar-refractivity contribution in [3.05, 3.63) is 18.0 Å². The Hall–Kier alpha value is -2.68. The Morgan fingerprint density at radius 3 is 2.49 bits per heavy atom. The lowest BCUT2D eigenvalue weighted by atomic mass is 10.00. The molecule has 2 N–H and O–H groups in total. The number of fused-ring (bicyclic) bond motifs is 1. The molecule has 0 atom stereocenters. The van der Waals surface area contributed by atoms with E-state index >= 15 is 0 Å². The van der Waals surface area contributed by atoms with E-state index in [1.165, 1.54) is 25.7 Å². The van der Waals surface area contributed by atoms with Crippen molar-refractivity contribution in [1.82, 2.24) is 25.0 Å². The maximum atomic E-state index is 13.4. The molecule has 1 saturated carbocycles. The highest BCUT2D eigenvalue weighted by Crippen LogP contribution is 2.30. The largest absolute Gasteiger partial charge is 0.381 e. The standard InChI is InChI=1S/C26H38N6O3/c1-2-32-25-21(17-28-32)24(29-20-9-13-35-14-10-20)22(16-27-25)26(34)30-19-7-11-31(12-8-19)23(33)15-18-5-3-4-6-18/h16-20H,2-15H2,1H3,(H,27,29)(H,30,34). The Bertz CT molecular complexity index is 1030. The van der Waals surface area contributed by atoms with Crippen LogP contribution in [0.15, 0.2) is 12.4 Å². The maximum absolute atomic E-state index is 13.4. The second-order valence-electron chi connectivity index (χ2n) is 10.3. The van der Waals surface area contributed by atoms with Crippen molar-refractivity contribution in [3.8, 4) is 0 Å². The van der Waals surface area contributed by atoms with Crippen LogP contribution in [0, 0.1) is 5.92 Å². The summed E-state index contributed by atoms with van der Waals surface area (Å²) in [6.45, 7) is 5.62. The van der Waals surface area contributed by atoms with Crippen LogP contribution in [0.4, 0.5) is 5.69 Å². The fraction of sp³-hybridized carbons (Fsp3) is 0.692. The second-order valence-corrected chi connectivity index (χ2v) is 10.3. The summed E-state index contributed by atoms with van der Waals surface area (Å²) in [5.74, 6) is 0.738. The van der Waals surface area contributed by atoms with Gasteiger partial charge in [-0.25, -0.2) is 9.67 Å².